The fourth-order valence-electron chi connectivity index (χ4n) is 2.04. The molecule has 1 aromatic heterocycles. The van der Waals surface area contributed by atoms with E-state index in [1.54, 1.807) is 6.07 Å². The van der Waals surface area contributed by atoms with Gasteiger partial charge in [-0.05, 0) is 6.92 Å². The Morgan fingerprint density at radius 2 is 1.80 bits per heavy atom. The number of aromatic nitrogens is 2. The summed E-state index contributed by atoms with van der Waals surface area (Å²) in [6.45, 7) is 3.93. The molecular formula is C17H21N5O3. The predicted octanol–water partition coefficient (Wildman–Crippen LogP) is 1.58. The van der Waals surface area contributed by atoms with E-state index in [9.17, 15) is 9.59 Å². The summed E-state index contributed by atoms with van der Waals surface area (Å²) in [4.78, 5) is 30.8. The maximum atomic E-state index is 11.1. The Hall–Kier alpha value is -3.16. The molecule has 1 unspecified atom stereocenters. The number of carboxylic acid groups (broad SMARTS) is 1. The fourth-order valence-corrected chi connectivity index (χ4v) is 2.04. The molecule has 8 nitrogen and oxygen atoms in total. The average molecular weight is 343 g/mol. The van der Waals surface area contributed by atoms with Gasteiger partial charge in [-0.2, -0.15) is 0 Å². The topological polar surface area (TPSA) is 116 Å². The number of carbonyl (C=O) groups is 2. The summed E-state index contributed by atoms with van der Waals surface area (Å²) in [5, 5.41) is 17.7. The molecule has 132 valence electrons. The second-order valence-electron chi connectivity index (χ2n) is 5.44. The minimum atomic E-state index is -0.972. The third-order valence-corrected chi connectivity index (χ3v) is 3.30. The van der Waals surface area contributed by atoms with Crippen molar-refractivity contribution < 1.29 is 14.7 Å². The number of carboxylic acids is 1. The Morgan fingerprint density at radius 1 is 1.12 bits per heavy atom. The smallest absolute Gasteiger partial charge is 0.325 e. The highest BCUT2D eigenvalue weighted by Crippen LogP contribution is 2.20. The van der Waals surface area contributed by atoms with E-state index >= 15 is 0 Å². The first kappa shape index (κ1) is 18.2. The molecule has 0 spiro atoms. The summed E-state index contributed by atoms with van der Waals surface area (Å²) in [5.41, 5.74) is 0.819. The molecule has 0 aliphatic rings. The van der Waals surface area contributed by atoms with Crippen molar-refractivity contribution in [2.45, 2.75) is 19.9 Å². The standard InChI is InChI=1S/C17H21N5O3/c1-11(17(24)25)20-15-10-14(19-9-8-18-12(2)23)21-16(22-15)13-6-4-3-5-7-13/h3-7,10-11H,8-9H2,1-2H3,(H,18,23)(H,24,25)(H2,19,20,21,22). The number of anilines is 2. The highest BCUT2D eigenvalue weighted by Gasteiger charge is 2.13. The van der Waals surface area contributed by atoms with Crippen LogP contribution in [0.4, 0.5) is 11.6 Å². The number of hydrogen-bond acceptors (Lipinski definition) is 6. The number of hydrogen-bond donors (Lipinski definition) is 4. The van der Waals surface area contributed by atoms with Crippen molar-refractivity contribution in [2.75, 3.05) is 23.7 Å². The van der Waals surface area contributed by atoms with Crippen LogP contribution in [-0.2, 0) is 9.59 Å². The van der Waals surface area contributed by atoms with Gasteiger partial charge in [0.15, 0.2) is 5.82 Å². The summed E-state index contributed by atoms with van der Waals surface area (Å²) < 4.78 is 0. The second kappa shape index (κ2) is 8.62. The maximum Gasteiger partial charge on any atom is 0.325 e. The third-order valence-electron chi connectivity index (χ3n) is 3.30. The largest absolute Gasteiger partial charge is 0.480 e. The van der Waals surface area contributed by atoms with Crippen LogP contribution >= 0.6 is 0 Å². The van der Waals surface area contributed by atoms with Crippen molar-refractivity contribution >= 4 is 23.5 Å². The molecule has 0 fully saturated rings. The van der Waals surface area contributed by atoms with Crippen LogP contribution in [0.3, 0.4) is 0 Å². The van der Waals surface area contributed by atoms with Gasteiger partial charge >= 0.3 is 5.97 Å². The van der Waals surface area contributed by atoms with Gasteiger partial charge in [-0.25, -0.2) is 9.97 Å². The lowest BCUT2D eigenvalue weighted by Gasteiger charge is -2.14. The third kappa shape index (κ3) is 5.76. The molecule has 0 saturated carbocycles. The summed E-state index contributed by atoms with van der Waals surface area (Å²) in [7, 11) is 0. The molecule has 8 heteroatoms. The molecule has 1 atom stereocenters. The number of rotatable bonds is 8. The van der Waals surface area contributed by atoms with E-state index in [0.717, 1.165) is 5.56 Å². The molecular weight excluding hydrogens is 322 g/mol. The van der Waals surface area contributed by atoms with Gasteiger partial charge < -0.3 is 21.1 Å². The van der Waals surface area contributed by atoms with Crippen molar-refractivity contribution in [3.05, 3.63) is 36.4 Å². The molecule has 1 heterocycles. The minimum Gasteiger partial charge on any atom is -0.480 e. The van der Waals surface area contributed by atoms with Gasteiger partial charge in [-0.3, -0.25) is 9.59 Å². The molecule has 2 aromatic rings. The number of nitrogens with one attached hydrogen (secondary N) is 3. The molecule has 2 rings (SSSR count). The zero-order chi connectivity index (χ0) is 18.2. The Morgan fingerprint density at radius 3 is 2.44 bits per heavy atom. The molecule has 0 radical (unpaired) electrons. The van der Waals surface area contributed by atoms with Crippen molar-refractivity contribution in [2.24, 2.45) is 0 Å². The van der Waals surface area contributed by atoms with Gasteiger partial charge in [-0.15, -0.1) is 0 Å². The van der Waals surface area contributed by atoms with Gasteiger partial charge in [0.25, 0.3) is 0 Å². The van der Waals surface area contributed by atoms with E-state index in [2.05, 4.69) is 25.9 Å². The first-order valence-corrected chi connectivity index (χ1v) is 7.88. The molecule has 0 saturated heterocycles. The molecule has 0 bridgehead atoms. The number of amides is 1. The van der Waals surface area contributed by atoms with Gasteiger partial charge in [0.05, 0.1) is 0 Å². The number of benzene rings is 1. The van der Waals surface area contributed by atoms with E-state index < -0.39 is 12.0 Å². The van der Waals surface area contributed by atoms with Gasteiger partial charge in [0, 0.05) is 31.6 Å². The normalized spacial score (nSPS) is 11.4. The Labute approximate surface area is 145 Å². The quantitative estimate of drug-likeness (QED) is 0.538. The Balaban J connectivity index is 2.21. The van der Waals surface area contributed by atoms with E-state index in [0.29, 0.717) is 30.5 Å². The van der Waals surface area contributed by atoms with Crippen molar-refractivity contribution in [1.29, 1.82) is 0 Å². The molecule has 4 N–H and O–H groups in total. The number of carbonyl (C=O) groups excluding carboxylic acids is 1. The lowest BCUT2D eigenvalue weighted by Crippen LogP contribution is -2.27. The zero-order valence-electron chi connectivity index (χ0n) is 14.1. The van der Waals surface area contributed by atoms with Crippen LogP contribution in [0.1, 0.15) is 13.8 Å². The summed E-state index contributed by atoms with van der Waals surface area (Å²) in [5.74, 6) is 0.349. The van der Waals surface area contributed by atoms with E-state index in [1.807, 2.05) is 30.3 Å². The lowest BCUT2D eigenvalue weighted by atomic mass is 10.2. The minimum absolute atomic E-state index is 0.105. The van der Waals surface area contributed by atoms with Crippen molar-refractivity contribution in [3.8, 4) is 11.4 Å². The van der Waals surface area contributed by atoms with Crippen LogP contribution in [0.2, 0.25) is 0 Å². The maximum absolute atomic E-state index is 11.1. The zero-order valence-corrected chi connectivity index (χ0v) is 14.1. The number of aliphatic carboxylic acids is 1. The predicted molar refractivity (Wildman–Crippen MR) is 95.4 cm³/mol. The summed E-state index contributed by atoms with van der Waals surface area (Å²) in [6, 6.07) is 10.3. The Kier molecular flexibility index (Phi) is 6.27. The van der Waals surface area contributed by atoms with Crippen LogP contribution in [0.5, 0.6) is 0 Å². The van der Waals surface area contributed by atoms with Crippen LogP contribution < -0.4 is 16.0 Å². The SMILES string of the molecule is CC(=O)NCCNc1cc(NC(C)C(=O)O)nc(-c2ccccc2)n1. The fraction of sp³-hybridized carbons (Fsp3) is 0.294. The second-order valence-corrected chi connectivity index (χ2v) is 5.44. The van der Waals surface area contributed by atoms with Crippen molar-refractivity contribution in [1.82, 2.24) is 15.3 Å². The van der Waals surface area contributed by atoms with E-state index in [4.69, 9.17) is 5.11 Å². The first-order chi connectivity index (χ1) is 12.0. The van der Waals surface area contributed by atoms with Crippen LogP contribution in [-0.4, -0.2) is 46.1 Å². The molecule has 1 amide bonds. The first-order valence-electron chi connectivity index (χ1n) is 7.88. The average Bonchev–Trinajstić information content (AvgIpc) is 2.59. The Bertz CT molecular complexity index is 736. The lowest BCUT2D eigenvalue weighted by molar-refractivity contribution is -0.137. The van der Waals surface area contributed by atoms with Gasteiger partial charge in [0.1, 0.15) is 17.7 Å². The van der Waals surface area contributed by atoms with E-state index in [-0.39, 0.29) is 5.91 Å². The van der Waals surface area contributed by atoms with Crippen LogP contribution in [0.15, 0.2) is 36.4 Å². The van der Waals surface area contributed by atoms with E-state index in [1.165, 1.54) is 13.8 Å². The highest BCUT2D eigenvalue weighted by atomic mass is 16.4. The van der Waals surface area contributed by atoms with Crippen molar-refractivity contribution in [3.63, 3.8) is 0 Å². The number of nitrogens with zero attached hydrogens (tertiary/aromatic N) is 2. The van der Waals surface area contributed by atoms with Crippen LogP contribution in [0, 0.1) is 0 Å². The van der Waals surface area contributed by atoms with Gasteiger partial charge in [0.2, 0.25) is 5.91 Å². The summed E-state index contributed by atoms with van der Waals surface area (Å²) in [6.07, 6.45) is 0. The highest BCUT2D eigenvalue weighted by molar-refractivity contribution is 5.76. The van der Waals surface area contributed by atoms with Gasteiger partial charge in [-0.1, -0.05) is 30.3 Å². The molecule has 1 aromatic carbocycles. The summed E-state index contributed by atoms with van der Waals surface area (Å²) >= 11 is 0. The molecule has 0 aliphatic heterocycles. The molecule has 25 heavy (non-hydrogen) atoms. The molecule has 0 aliphatic carbocycles. The van der Waals surface area contributed by atoms with Crippen LogP contribution in [0.25, 0.3) is 11.4 Å². The monoisotopic (exact) mass is 343 g/mol.